The van der Waals surface area contributed by atoms with E-state index in [0.717, 1.165) is 28.7 Å². The minimum atomic E-state index is -3.88. The molecule has 4 aromatic heterocycles. The lowest BCUT2D eigenvalue weighted by atomic mass is 10.2. The largest absolute Gasteiger partial charge is 0.332 e. The monoisotopic (exact) mass is 516 g/mol. The van der Waals surface area contributed by atoms with Crippen molar-refractivity contribution in [3.8, 4) is 0 Å². The molecule has 0 bridgehead atoms. The second kappa shape index (κ2) is 8.14. The van der Waals surface area contributed by atoms with Crippen molar-refractivity contribution in [1.29, 1.82) is 0 Å². The highest BCUT2D eigenvalue weighted by atomic mass is 32.2. The highest BCUT2D eigenvalue weighted by molar-refractivity contribution is 7.91. The van der Waals surface area contributed by atoms with Crippen molar-refractivity contribution < 1.29 is 8.42 Å². The molecule has 0 saturated heterocycles. The Labute approximate surface area is 203 Å². The minimum absolute atomic E-state index is 0.00385. The quantitative estimate of drug-likeness (QED) is 0.383. The van der Waals surface area contributed by atoms with Gasteiger partial charge >= 0.3 is 5.69 Å². The first kappa shape index (κ1) is 23.5. The van der Waals surface area contributed by atoms with Crippen LogP contribution >= 0.6 is 11.3 Å². The summed E-state index contributed by atoms with van der Waals surface area (Å²) in [6, 6.07) is 4.45. The molecular formula is C22H24N6O5S2. The van der Waals surface area contributed by atoms with Gasteiger partial charge in [0, 0.05) is 43.7 Å². The molecule has 0 aliphatic heterocycles. The Balaban J connectivity index is 1.70. The van der Waals surface area contributed by atoms with Gasteiger partial charge in [-0.25, -0.2) is 17.9 Å². The minimum Gasteiger partial charge on any atom is -0.319 e. The molecule has 1 saturated carbocycles. The number of nitrogens with zero attached hydrogens (tertiary/aromatic N) is 5. The van der Waals surface area contributed by atoms with Crippen molar-refractivity contribution in [2.24, 2.45) is 14.1 Å². The zero-order valence-electron chi connectivity index (χ0n) is 19.4. The van der Waals surface area contributed by atoms with Crippen molar-refractivity contribution in [2.45, 2.75) is 42.6 Å². The van der Waals surface area contributed by atoms with Gasteiger partial charge in [-0.3, -0.25) is 23.4 Å². The summed E-state index contributed by atoms with van der Waals surface area (Å²) >= 11 is 0.873. The molecule has 184 valence electrons. The number of aryl methyl sites for hydroxylation is 2. The molecule has 1 N–H and O–H groups in total. The van der Waals surface area contributed by atoms with Crippen LogP contribution in [0.3, 0.4) is 0 Å². The molecule has 1 fully saturated rings. The number of aromatic nitrogens is 5. The summed E-state index contributed by atoms with van der Waals surface area (Å²) in [5.41, 5.74) is -0.697. The molecule has 4 heterocycles. The third-order valence-corrected chi connectivity index (χ3v) is 9.40. The highest BCUT2D eigenvalue weighted by Gasteiger charge is 2.41. The van der Waals surface area contributed by atoms with Gasteiger partial charge in [0.15, 0.2) is 0 Å². The van der Waals surface area contributed by atoms with E-state index in [2.05, 4.69) is 9.82 Å². The van der Waals surface area contributed by atoms with Crippen molar-refractivity contribution in [3.63, 3.8) is 0 Å². The van der Waals surface area contributed by atoms with E-state index in [-0.39, 0.29) is 33.1 Å². The second-order valence-corrected chi connectivity index (χ2v) is 12.2. The first-order valence-electron chi connectivity index (χ1n) is 10.9. The predicted octanol–water partition coefficient (Wildman–Crippen LogP) is 0.584. The molecule has 0 unspecified atom stereocenters. The van der Waals surface area contributed by atoms with E-state index < -0.39 is 26.8 Å². The summed E-state index contributed by atoms with van der Waals surface area (Å²) in [7, 11) is -0.530. The van der Waals surface area contributed by atoms with Crippen molar-refractivity contribution in [2.75, 3.05) is 0 Å². The Morgan fingerprint density at radius 1 is 1.09 bits per heavy atom. The number of sulfonamides is 1. The Morgan fingerprint density at radius 2 is 1.80 bits per heavy atom. The fraction of sp³-hybridized carbons (Fsp3) is 0.364. The van der Waals surface area contributed by atoms with Crippen LogP contribution in [0.5, 0.6) is 0 Å². The molecule has 0 amide bonds. The van der Waals surface area contributed by atoms with Crippen LogP contribution in [0.25, 0.3) is 10.2 Å². The van der Waals surface area contributed by atoms with Crippen LogP contribution in [-0.4, -0.2) is 37.4 Å². The zero-order chi connectivity index (χ0) is 25.1. The fourth-order valence-corrected chi connectivity index (χ4v) is 6.76. The molecule has 0 radical (unpaired) electrons. The number of pyridine rings is 1. The van der Waals surface area contributed by atoms with Crippen LogP contribution in [0.1, 0.15) is 30.9 Å². The lowest BCUT2D eigenvalue weighted by Gasteiger charge is -2.12. The van der Waals surface area contributed by atoms with Crippen LogP contribution in [0.15, 0.2) is 55.4 Å². The average Bonchev–Trinajstić information content (AvgIpc) is 3.16. The third-order valence-electron chi connectivity index (χ3n) is 6.13. The number of nitrogens with one attached hydrogen (secondary N) is 1. The Bertz CT molecular complexity index is 1750. The van der Waals surface area contributed by atoms with Crippen LogP contribution < -0.4 is 21.5 Å². The standard InChI is InChI=1S/C22H24N6O5S2/c1-22(5-6-22)24-35(32,33)18-9-16-19(30)27(13-15-10-23-26(3)11-15)21(31)28(20(16)34-18)12-14-4-7-25(2)17(29)8-14/h4,7-11,24H,5-6,12-13H2,1-3H3. The molecule has 13 heteroatoms. The number of fused-ring (bicyclic) bond motifs is 1. The molecule has 1 aliphatic rings. The first-order chi connectivity index (χ1) is 16.5. The van der Waals surface area contributed by atoms with Gasteiger partial charge in [-0.15, -0.1) is 11.3 Å². The number of rotatable bonds is 7. The summed E-state index contributed by atoms with van der Waals surface area (Å²) in [4.78, 5) is 39.3. The SMILES string of the molecule is Cn1cc(Cn2c(=O)c3cc(S(=O)(=O)NC4(C)CC4)sc3n(Cc3ccn(C)c(=O)c3)c2=O)cn1. The maximum absolute atomic E-state index is 13.5. The van der Waals surface area contributed by atoms with E-state index in [0.29, 0.717) is 11.1 Å². The summed E-state index contributed by atoms with van der Waals surface area (Å²) in [6.45, 7) is 1.81. The molecule has 35 heavy (non-hydrogen) atoms. The zero-order valence-corrected chi connectivity index (χ0v) is 21.0. The Kier molecular flexibility index (Phi) is 5.45. The number of hydrogen-bond donors (Lipinski definition) is 1. The van der Waals surface area contributed by atoms with E-state index in [9.17, 15) is 22.8 Å². The molecule has 0 aromatic carbocycles. The predicted molar refractivity (Wildman–Crippen MR) is 131 cm³/mol. The van der Waals surface area contributed by atoms with Gasteiger partial charge in [0.25, 0.3) is 21.1 Å². The number of hydrogen-bond acceptors (Lipinski definition) is 7. The third kappa shape index (κ3) is 4.42. The lowest BCUT2D eigenvalue weighted by molar-refractivity contribution is 0.560. The summed E-state index contributed by atoms with van der Waals surface area (Å²) in [6.07, 6.45) is 6.33. The van der Waals surface area contributed by atoms with Crippen molar-refractivity contribution >= 4 is 31.6 Å². The Morgan fingerprint density at radius 3 is 2.43 bits per heavy atom. The topological polar surface area (TPSA) is 130 Å². The van der Waals surface area contributed by atoms with E-state index >= 15 is 0 Å². The van der Waals surface area contributed by atoms with Crippen LogP contribution in [-0.2, 0) is 37.2 Å². The molecule has 11 nitrogen and oxygen atoms in total. The smallest absolute Gasteiger partial charge is 0.319 e. The maximum atomic E-state index is 13.5. The summed E-state index contributed by atoms with van der Waals surface area (Å²) < 4.78 is 34.1. The average molecular weight is 517 g/mol. The van der Waals surface area contributed by atoms with Crippen LogP contribution in [0, 0.1) is 0 Å². The molecule has 4 aromatic rings. The van der Waals surface area contributed by atoms with Gasteiger partial charge < -0.3 is 4.57 Å². The van der Waals surface area contributed by atoms with Gasteiger partial charge in [-0.05, 0) is 37.5 Å². The van der Waals surface area contributed by atoms with E-state index in [1.54, 1.807) is 43.4 Å². The molecule has 0 atom stereocenters. The van der Waals surface area contributed by atoms with Gasteiger partial charge in [-0.1, -0.05) is 0 Å². The second-order valence-electron chi connectivity index (χ2n) is 9.22. The first-order valence-corrected chi connectivity index (χ1v) is 13.2. The van der Waals surface area contributed by atoms with E-state index in [4.69, 9.17) is 0 Å². The number of thiophene rings is 1. The molecule has 5 rings (SSSR count). The van der Waals surface area contributed by atoms with E-state index in [1.807, 2.05) is 6.92 Å². The fourth-order valence-electron chi connectivity index (χ4n) is 3.86. The van der Waals surface area contributed by atoms with Gasteiger partial charge in [0.1, 0.15) is 9.04 Å². The van der Waals surface area contributed by atoms with Gasteiger partial charge in [0.2, 0.25) is 0 Å². The lowest BCUT2D eigenvalue weighted by Crippen LogP contribution is -2.40. The van der Waals surface area contributed by atoms with Gasteiger partial charge in [-0.2, -0.15) is 5.10 Å². The normalized spacial score (nSPS) is 15.1. The molecular weight excluding hydrogens is 492 g/mol. The summed E-state index contributed by atoms with van der Waals surface area (Å²) in [5.74, 6) is 0. The van der Waals surface area contributed by atoms with Crippen molar-refractivity contribution in [3.05, 3.63) is 79.1 Å². The Hall–Kier alpha value is -3.29. The van der Waals surface area contributed by atoms with Crippen LogP contribution in [0.2, 0.25) is 0 Å². The van der Waals surface area contributed by atoms with Gasteiger partial charge in [0.05, 0.1) is 24.7 Å². The molecule has 0 spiro atoms. The van der Waals surface area contributed by atoms with Crippen molar-refractivity contribution in [1.82, 2.24) is 28.2 Å². The summed E-state index contributed by atoms with van der Waals surface area (Å²) in [5, 5.41) is 4.22. The van der Waals surface area contributed by atoms with Crippen LogP contribution in [0.4, 0.5) is 0 Å². The highest BCUT2D eigenvalue weighted by Crippen LogP contribution is 2.37. The van der Waals surface area contributed by atoms with E-state index in [1.165, 1.54) is 21.3 Å². The maximum Gasteiger partial charge on any atom is 0.332 e. The molecule has 1 aliphatic carbocycles.